The van der Waals surface area contributed by atoms with Crippen molar-refractivity contribution < 1.29 is 14.3 Å². The third-order valence-corrected chi connectivity index (χ3v) is 6.84. The summed E-state index contributed by atoms with van der Waals surface area (Å²) in [5.74, 6) is 0.955. The van der Waals surface area contributed by atoms with Gasteiger partial charge in [0.1, 0.15) is 40.8 Å². The molecule has 3 aromatic rings. The van der Waals surface area contributed by atoms with Gasteiger partial charge >= 0.3 is 0 Å². The van der Waals surface area contributed by atoms with Crippen molar-refractivity contribution >= 4 is 28.3 Å². The highest BCUT2D eigenvalue weighted by molar-refractivity contribution is 7.16. The molecule has 1 heterocycles. The maximum Gasteiger partial charge on any atom is 0.266 e. The molecule has 34 heavy (non-hydrogen) atoms. The summed E-state index contributed by atoms with van der Waals surface area (Å²) in [6.45, 7) is 0.414. The van der Waals surface area contributed by atoms with Crippen LogP contribution in [0, 0.1) is 22.7 Å². The number of anilines is 1. The Morgan fingerprint density at radius 1 is 1.06 bits per heavy atom. The largest absolute Gasteiger partial charge is 0.497 e. The van der Waals surface area contributed by atoms with Crippen molar-refractivity contribution in [2.24, 2.45) is 0 Å². The molecule has 0 saturated carbocycles. The number of nitrogens with one attached hydrogen (secondary N) is 1. The molecule has 1 aromatic heterocycles. The van der Waals surface area contributed by atoms with E-state index in [1.807, 2.05) is 30.3 Å². The van der Waals surface area contributed by atoms with Gasteiger partial charge in [0.05, 0.1) is 12.7 Å². The van der Waals surface area contributed by atoms with Gasteiger partial charge in [0.25, 0.3) is 5.91 Å². The van der Waals surface area contributed by atoms with E-state index in [-0.39, 0.29) is 5.57 Å². The number of methoxy groups -OCH3 is 1. The molecule has 0 bridgehead atoms. The van der Waals surface area contributed by atoms with Crippen molar-refractivity contribution in [3.8, 4) is 23.6 Å². The van der Waals surface area contributed by atoms with E-state index in [9.17, 15) is 15.3 Å². The minimum absolute atomic E-state index is 0.0258. The van der Waals surface area contributed by atoms with Crippen molar-refractivity contribution in [1.29, 1.82) is 10.5 Å². The molecule has 0 saturated heterocycles. The summed E-state index contributed by atoms with van der Waals surface area (Å²) in [5, 5.41) is 22.4. The van der Waals surface area contributed by atoms with Crippen LogP contribution in [-0.2, 0) is 24.2 Å². The molecule has 6 nitrogen and oxygen atoms in total. The molecular formula is C27H23N3O3S. The molecule has 0 fully saturated rings. The van der Waals surface area contributed by atoms with E-state index in [1.165, 1.54) is 17.4 Å². The highest BCUT2D eigenvalue weighted by Crippen LogP contribution is 2.37. The third kappa shape index (κ3) is 5.28. The number of rotatable bonds is 7. The summed E-state index contributed by atoms with van der Waals surface area (Å²) < 4.78 is 11.0. The van der Waals surface area contributed by atoms with Gasteiger partial charge in [-0.15, -0.1) is 11.3 Å². The van der Waals surface area contributed by atoms with Crippen LogP contribution >= 0.6 is 11.3 Å². The first-order valence-corrected chi connectivity index (χ1v) is 11.8. The van der Waals surface area contributed by atoms with Gasteiger partial charge in [-0.05, 0) is 72.7 Å². The average Bonchev–Trinajstić information content (AvgIpc) is 3.23. The molecule has 7 heteroatoms. The van der Waals surface area contributed by atoms with Crippen LogP contribution in [0.25, 0.3) is 6.08 Å². The molecule has 0 unspecified atom stereocenters. The summed E-state index contributed by atoms with van der Waals surface area (Å²) in [7, 11) is 1.63. The van der Waals surface area contributed by atoms with Crippen molar-refractivity contribution in [2.75, 3.05) is 12.4 Å². The van der Waals surface area contributed by atoms with Crippen LogP contribution in [0.1, 0.15) is 40.0 Å². The summed E-state index contributed by atoms with van der Waals surface area (Å²) in [5.41, 5.74) is 3.27. The highest BCUT2D eigenvalue weighted by Gasteiger charge is 2.22. The summed E-state index contributed by atoms with van der Waals surface area (Å²) in [6, 6.07) is 19.0. The average molecular weight is 470 g/mol. The quantitative estimate of drug-likeness (QED) is 0.357. The zero-order chi connectivity index (χ0) is 23.9. The Hall–Kier alpha value is -4.07. The van der Waals surface area contributed by atoms with E-state index in [0.717, 1.165) is 47.4 Å². The van der Waals surface area contributed by atoms with E-state index >= 15 is 0 Å². The van der Waals surface area contributed by atoms with Crippen LogP contribution in [0.15, 0.2) is 54.1 Å². The number of nitrogens with zero attached hydrogens (tertiary/aromatic N) is 2. The molecule has 0 spiro atoms. The number of benzene rings is 2. The lowest BCUT2D eigenvalue weighted by atomic mass is 9.96. The van der Waals surface area contributed by atoms with E-state index in [0.29, 0.717) is 28.5 Å². The number of aryl methyl sites for hydroxylation is 1. The van der Waals surface area contributed by atoms with E-state index in [2.05, 4.69) is 11.4 Å². The first-order valence-electron chi connectivity index (χ1n) is 10.9. The van der Waals surface area contributed by atoms with Gasteiger partial charge in [-0.25, -0.2) is 0 Å². The lowest BCUT2D eigenvalue weighted by Gasteiger charge is -2.09. The molecule has 170 valence electrons. The molecule has 0 atom stereocenters. The first-order chi connectivity index (χ1) is 16.6. The second kappa shape index (κ2) is 10.7. The number of carbonyl (C=O) groups excluding carboxylic acids is 1. The monoisotopic (exact) mass is 469 g/mol. The van der Waals surface area contributed by atoms with Gasteiger partial charge in [0, 0.05) is 4.88 Å². The van der Waals surface area contributed by atoms with Gasteiger partial charge in [0.2, 0.25) is 0 Å². The fourth-order valence-corrected chi connectivity index (χ4v) is 5.04. The topological polar surface area (TPSA) is 95.1 Å². The number of carbonyl (C=O) groups is 1. The van der Waals surface area contributed by atoms with Crippen LogP contribution in [0.5, 0.6) is 11.5 Å². The molecule has 0 radical (unpaired) electrons. The summed E-state index contributed by atoms with van der Waals surface area (Å²) in [6.07, 6.45) is 5.46. The zero-order valence-corrected chi connectivity index (χ0v) is 19.6. The Morgan fingerprint density at radius 3 is 2.44 bits per heavy atom. The maximum absolute atomic E-state index is 12.8. The number of hydrogen-bond acceptors (Lipinski definition) is 6. The molecule has 1 aliphatic carbocycles. The smallest absolute Gasteiger partial charge is 0.266 e. The third-order valence-electron chi connectivity index (χ3n) is 5.63. The highest BCUT2D eigenvalue weighted by atomic mass is 32.1. The zero-order valence-electron chi connectivity index (χ0n) is 18.8. The van der Waals surface area contributed by atoms with Gasteiger partial charge in [-0.3, -0.25) is 4.79 Å². The number of amides is 1. The Balaban J connectivity index is 1.42. The fraction of sp³-hybridized carbons (Fsp3) is 0.222. The predicted molar refractivity (Wildman–Crippen MR) is 132 cm³/mol. The number of ether oxygens (including phenoxy) is 2. The molecule has 2 aromatic carbocycles. The Morgan fingerprint density at radius 2 is 1.76 bits per heavy atom. The molecule has 0 aliphatic heterocycles. The first kappa shape index (κ1) is 23.1. The molecule has 1 aliphatic rings. The Kier molecular flexibility index (Phi) is 7.27. The summed E-state index contributed by atoms with van der Waals surface area (Å²) in [4.78, 5) is 13.9. The van der Waals surface area contributed by atoms with Gasteiger partial charge in [0.15, 0.2) is 0 Å². The number of nitriles is 2. The molecule has 1 amide bonds. The lowest BCUT2D eigenvalue weighted by Crippen LogP contribution is -2.13. The minimum Gasteiger partial charge on any atom is -0.497 e. The predicted octanol–water partition coefficient (Wildman–Crippen LogP) is 5.63. The second-order valence-electron chi connectivity index (χ2n) is 7.86. The number of hydrogen-bond donors (Lipinski definition) is 1. The van der Waals surface area contributed by atoms with Gasteiger partial charge in [-0.2, -0.15) is 10.5 Å². The van der Waals surface area contributed by atoms with E-state index in [4.69, 9.17) is 9.47 Å². The van der Waals surface area contributed by atoms with Crippen LogP contribution in [-0.4, -0.2) is 13.0 Å². The second-order valence-corrected chi connectivity index (χ2v) is 8.96. The summed E-state index contributed by atoms with van der Waals surface area (Å²) >= 11 is 1.44. The Bertz CT molecular complexity index is 1290. The van der Waals surface area contributed by atoms with Crippen LogP contribution in [0.4, 0.5) is 5.00 Å². The number of fused-ring (bicyclic) bond motifs is 1. The van der Waals surface area contributed by atoms with Crippen molar-refractivity contribution in [1.82, 2.24) is 0 Å². The molecule has 1 N–H and O–H groups in total. The standard InChI is InChI=1S/C27H23N3O3S/c1-32-21-10-8-19(9-11-21)17-33-22-12-6-18(7-13-22)14-20(15-28)26(31)30-27-24(16-29)23-4-2-3-5-25(23)34-27/h6-14H,2-5,17H2,1H3,(H,30,31)/b20-14+. The van der Waals surface area contributed by atoms with Crippen LogP contribution in [0.3, 0.4) is 0 Å². The van der Waals surface area contributed by atoms with Gasteiger partial charge < -0.3 is 14.8 Å². The Labute approximate surface area is 202 Å². The molecule has 4 rings (SSSR count). The maximum atomic E-state index is 12.8. The van der Waals surface area contributed by atoms with Crippen molar-refractivity contribution in [3.63, 3.8) is 0 Å². The fourth-order valence-electron chi connectivity index (χ4n) is 3.81. The SMILES string of the molecule is COc1ccc(COc2ccc(/C=C(\C#N)C(=O)Nc3sc4c(c3C#N)CCCC4)cc2)cc1. The minimum atomic E-state index is -0.516. The normalized spacial score (nSPS) is 12.7. The lowest BCUT2D eigenvalue weighted by molar-refractivity contribution is -0.112. The number of thiophene rings is 1. The van der Waals surface area contributed by atoms with E-state index in [1.54, 1.807) is 31.4 Å². The van der Waals surface area contributed by atoms with Crippen molar-refractivity contribution in [2.45, 2.75) is 32.3 Å². The van der Waals surface area contributed by atoms with E-state index < -0.39 is 5.91 Å². The molecular weight excluding hydrogens is 446 g/mol. The van der Waals surface area contributed by atoms with Crippen LogP contribution in [0.2, 0.25) is 0 Å². The van der Waals surface area contributed by atoms with Gasteiger partial charge in [-0.1, -0.05) is 24.3 Å². The van der Waals surface area contributed by atoms with Crippen LogP contribution < -0.4 is 14.8 Å². The van der Waals surface area contributed by atoms with Crippen molar-refractivity contribution in [3.05, 3.63) is 81.2 Å².